The second-order valence-corrected chi connectivity index (χ2v) is 5.68. The van der Waals surface area contributed by atoms with E-state index in [-0.39, 0.29) is 12.5 Å². The fourth-order valence-corrected chi connectivity index (χ4v) is 2.39. The van der Waals surface area contributed by atoms with Crippen LogP contribution in [0.5, 0.6) is 0 Å². The van der Waals surface area contributed by atoms with Crippen molar-refractivity contribution in [3.8, 4) is 0 Å². The zero-order chi connectivity index (χ0) is 15.2. The topological polar surface area (TPSA) is 91.3 Å². The first-order valence-corrected chi connectivity index (χ1v) is 7.16. The maximum atomic E-state index is 11.8. The Hall–Kier alpha value is -2.41. The van der Waals surface area contributed by atoms with Gasteiger partial charge in [-0.2, -0.15) is 0 Å². The average Bonchev–Trinajstić information content (AvgIpc) is 2.82. The zero-order valence-electron chi connectivity index (χ0n) is 11.4. The lowest BCUT2D eigenvalue weighted by atomic mass is 10.1. The molecule has 0 aliphatic rings. The predicted octanol–water partition coefficient (Wildman–Crippen LogP) is 3.11. The van der Waals surface area contributed by atoms with Crippen molar-refractivity contribution >= 4 is 34.2 Å². The lowest BCUT2D eigenvalue weighted by molar-refractivity contribution is -0.136. The lowest BCUT2D eigenvalue weighted by Gasteiger charge is -2.07. The molecule has 0 atom stereocenters. The Balaban J connectivity index is 1.94. The molecule has 1 heterocycles. The van der Waals surface area contributed by atoms with E-state index < -0.39 is 5.97 Å². The molecular formula is C14H15N3O3S. The van der Waals surface area contributed by atoms with Crippen molar-refractivity contribution in [2.45, 2.75) is 19.8 Å². The number of carbonyl (C=O) groups is 2. The van der Waals surface area contributed by atoms with Crippen molar-refractivity contribution in [2.24, 2.45) is 0 Å². The molecule has 0 aliphatic heterocycles. The molecule has 0 spiro atoms. The van der Waals surface area contributed by atoms with Crippen LogP contribution in [0.4, 0.5) is 15.6 Å². The number of nitrogens with zero attached hydrogens (tertiary/aromatic N) is 1. The van der Waals surface area contributed by atoms with E-state index >= 15 is 0 Å². The summed E-state index contributed by atoms with van der Waals surface area (Å²) in [5.74, 6) is -0.842. The normalized spacial score (nSPS) is 10.1. The van der Waals surface area contributed by atoms with Crippen LogP contribution in [0.2, 0.25) is 0 Å². The van der Waals surface area contributed by atoms with Gasteiger partial charge in [-0.15, -0.1) is 11.3 Å². The number of rotatable bonds is 5. The fraction of sp³-hybridized carbons (Fsp3) is 0.214. The summed E-state index contributed by atoms with van der Waals surface area (Å²) in [6.07, 6.45) is 2.18. The summed E-state index contributed by atoms with van der Waals surface area (Å²) in [6.45, 7) is 1.91. The molecular weight excluding hydrogens is 290 g/mol. The Morgan fingerprint density at radius 2 is 2.14 bits per heavy atom. The van der Waals surface area contributed by atoms with Gasteiger partial charge in [-0.1, -0.05) is 12.1 Å². The maximum absolute atomic E-state index is 11.8. The number of carbonyl (C=O) groups excluding carboxylic acids is 1. The number of aliphatic carboxylic acids is 1. The highest BCUT2D eigenvalue weighted by Crippen LogP contribution is 2.17. The molecule has 0 radical (unpaired) electrons. The van der Waals surface area contributed by atoms with Crippen molar-refractivity contribution in [3.63, 3.8) is 0 Å². The number of amides is 2. The summed E-state index contributed by atoms with van der Waals surface area (Å²) in [6, 6.07) is 6.74. The molecule has 3 N–H and O–H groups in total. The number of benzene rings is 1. The molecule has 0 bridgehead atoms. The van der Waals surface area contributed by atoms with Gasteiger partial charge in [0.05, 0.1) is 0 Å². The van der Waals surface area contributed by atoms with E-state index in [0.29, 0.717) is 17.2 Å². The Bertz CT molecular complexity index is 654. The number of carboxylic acid groups (broad SMARTS) is 1. The van der Waals surface area contributed by atoms with Crippen molar-refractivity contribution < 1.29 is 14.7 Å². The fourth-order valence-electron chi connectivity index (χ4n) is 1.73. The second-order valence-electron chi connectivity index (χ2n) is 4.45. The van der Waals surface area contributed by atoms with Crippen LogP contribution in [0, 0.1) is 6.92 Å². The van der Waals surface area contributed by atoms with Crippen LogP contribution in [-0.4, -0.2) is 22.1 Å². The van der Waals surface area contributed by atoms with Gasteiger partial charge < -0.3 is 10.4 Å². The third-order valence-electron chi connectivity index (χ3n) is 2.65. The maximum Gasteiger partial charge on any atom is 0.325 e. The number of carboxylic acids is 1. The van der Waals surface area contributed by atoms with E-state index in [1.54, 1.807) is 24.4 Å². The molecule has 1 aromatic heterocycles. The number of nitrogens with one attached hydrogen (secondary N) is 2. The van der Waals surface area contributed by atoms with E-state index in [1.165, 1.54) is 11.3 Å². The summed E-state index contributed by atoms with van der Waals surface area (Å²) in [5, 5.41) is 14.5. The molecule has 21 heavy (non-hydrogen) atoms. The van der Waals surface area contributed by atoms with Crippen LogP contribution in [0.1, 0.15) is 16.9 Å². The van der Waals surface area contributed by atoms with Gasteiger partial charge in [0, 0.05) is 23.2 Å². The second kappa shape index (κ2) is 6.85. The van der Waals surface area contributed by atoms with Crippen LogP contribution in [-0.2, 0) is 11.2 Å². The highest BCUT2D eigenvalue weighted by Gasteiger charge is 2.06. The SMILES string of the molecule is Cc1cnc(NC(=O)Nc2cccc(CCC(=O)O)c2)s1. The van der Waals surface area contributed by atoms with Crippen molar-refractivity contribution in [1.82, 2.24) is 4.98 Å². The molecule has 0 saturated carbocycles. The average molecular weight is 305 g/mol. The molecule has 2 aromatic rings. The minimum absolute atomic E-state index is 0.0635. The van der Waals surface area contributed by atoms with Crippen LogP contribution in [0.25, 0.3) is 0 Å². The van der Waals surface area contributed by atoms with Crippen molar-refractivity contribution in [3.05, 3.63) is 40.9 Å². The Morgan fingerprint density at radius 1 is 1.33 bits per heavy atom. The number of aryl methyl sites for hydroxylation is 2. The summed E-state index contributed by atoms with van der Waals surface area (Å²) in [4.78, 5) is 27.4. The van der Waals surface area contributed by atoms with Crippen LogP contribution in [0.15, 0.2) is 30.5 Å². The summed E-state index contributed by atoms with van der Waals surface area (Å²) < 4.78 is 0. The van der Waals surface area contributed by atoms with Gasteiger partial charge in [0.25, 0.3) is 0 Å². The number of urea groups is 1. The Morgan fingerprint density at radius 3 is 2.81 bits per heavy atom. The minimum atomic E-state index is -0.842. The molecule has 0 saturated heterocycles. The summed E-state index contributed by atoms with van der Waals surface area (Å²) in [5.41, 5.74) is 1.48. The third kappa shape index (κ3) is 4.88. The standard InChI is InChI=1S/C14H15N3O3S/c1-9-8-15-14(21-9)17-13(20)16-11-4-2-3-10(7-11)5-6-12(18)19/h2-4,7-8H,5-6H2,1H3,(H,18,19)(H2,15,16,17,20). The van der Waals surface area contributed by atoms with Crippen molar-refractivity contribution in [2.75, 3.05) is 10.6 Å². The zero-order valence-corrected chi connectivity index (χ0v) is 12.2. The smallest absolute Gasteiger partial charge is 0.325 e. The van der Waals surface area contributed by atoms with E-state index in [4.69, 9.17) is 5.11 Å². The highest BCUT2D eigenvalue weighted by atomic mass is 32.1. The van der Waals surface area contributed by atoms with E-state index in [1.807, 2.05) is 13.0 Å². The summed E-state index contributed by atoms with van der Waals surface area (Å²) in [7, 11) is 0. The number of aromatic nitrogens is 1. The third-order valence-corrected chi connectivity index (χ3v) is 3.48. The molecule has 0 aliphatic carbocycles. The minimum Gasteiger partial charge on any atom is -0.481 e. The van der Waals surface area contributed by atoms with Crippen LogP contribution < -0.4 is 10.6 Å². The highest BCUT2D eigenvalue weighted by molar-refractivity contribution is 7.15. The molecule has 6 nitrogen and oxygen atoms in total. The first kappa shape index (κ1) is 15.0. The largest absolute Gasteiger partial charge is 0.481 e. The van der Waals surface area contributed by atoms with Gasteiger partial charge in [-0.25, -0.2) is 9.78 Å². The Labute approximate surface area is 125 Å². The quantitative estimate of drug-likeness (QED) is 0.791. The molecule has 7 heteroatoms. The van der Waals surface area contributed by atoms with Crippen molar-refractivity contribution in [1.29, 1.82) is 0 Å². The van der Waals surface area contributed by atoms with Crippen LogP contribution >= 0.6 is 11.3 Å². The van der Waals surface area contributed by atoms with E-state index in [2.05, 4.69) is 15.6 Å². The van der Waals surface area contributed by atoms with E-state index in [0.717, 1.165) is 10.4 Å². The van der Waals surface area contributed by atoms with Gasteiger partial charge in [0.15, 0.2) is 5.13 Å². The molecule has 2 rings (SSSR count). The number of hydrogen-bond donors (Lipinski definition) is 3. The predicted molar refractivity (Wildman–Crippen MR) is 81.9 cm³/mol. The first-order valence-electron chi connectivity index (χ1n) is 6.34. The van der Waals surface area contributed by atoms with Crippen LogP contribution in [0.3, 0.4) is 0 Å². The van der Waals surface area contributed by atoms with Gasteiger partial charge >= 0.3 is 12.0 Å². The monoisotopic (exact) mass is 305 g/mol. The number of hydrogen-bond acceptors (Lipinski definition) is 4. The molecule has 1 aromatic carbocycles. The number of anilines is 2. The molecule has 0 unspecified atom stereocenters. The van der Waals surface area contributed by atoms with Gasteiger partial charge in [-0.3, -0.25) is 10.1 Å². The lowest BCUT2D eigenvalue weighted by Crippen LogP contribution is -2.19. The van der Waals surface area contributed by atoms with Gasteiger partial charge in [0.1, 0.15) is 0 Å². The number of thiazole rings is 1. The van der Waals surface area contributed by atoms with Gasteiger partial charge in [0.2, 0.25) is 0 Å². The summed E-state index contributed by atoms with van der Waals surface area (Å²) >= 11 is 1.39. The molecule has 0 fully saturated rings. The molecule has 110 valence electrons. The molecule has 2 amide bonds. The van der Waals surface area contributed by atoms with Gasteiger partial charge in [-0.05, 0) is 31.0 Å². The van der Waals surface area contributed by atoms with E-state index in [9.17, 15) is 9.59 Å². The first-order chi connectivity index (χ1) is 10.0. The Kier molecular flexibility index (Phi) is 4.89.